The topological polar surface area (TPSA) is 70.7 Å². The minimum Gasteiger partial charge on any atom is -0.315 e. The van der Waals surface area contributed by atoms with E-state index in [0.29, 0.717) is 35.5 Å². The van der Waals surface area contributed by atoms with Gasteiger partial charge in [-0.15, -0.1) is 11.3 Å². The molecule has 1 N–H and O–H groups in total. The van der Waals surface area contributed by atoms with Gasteiger partial charge in [0, 0.05) is 16.1 Å². The van der Waals surface area contributed by atoms with Gasteiger partial charge in [-0.05, 0) is 56.9 Å². The Kier molecular flexibility index (Phi) is 4.91. The third kappa shape index (κ3) is 3.41. The lowest BCUT2D eigenvalue weighted by Gasteiger charge is -2.14. The number of carbonyl (C=O) groups is 1. The van der Waals surface area contributed by atoms with Gasteiger partial charge in [-0.25, -0.2) is 0 Å². The molecule has 9 heteroatoms. The molecule has 2 aliphatic rings. The summed E-state index contributed by atoms with van der Waals surface area (Å²) in [5.41, 5.74) is 1.34. The van der Waals surface area contributed by atoms with Crippen LogP contribution in [-0.4, -0.2) is 15.7 Å². The molecule has 2 aromatic rings. The van der Waals surface area contributed by atoms with Gasteiger partial charge < -0.3 is 5.32 Å². The first-order valence-corrected chi connectivity index (χ1v) is 10.2. The zero-order valence-corrected chi connectivity index (χ0v) is 16.0. The van der Waals surface area contributed by atoms with E-state index < -0.39 is 17.8 Å². The number of nitrogens with one attached hydrogen (secondary N) is 1. The molecule has 0 saturated carbocycles. The summed E-state index contributed by atoms with van der Waals surface area (Å²) in [5, 5.41) is 16.4. The summed E-state index contributed by atoms with van der Waals surface area (Å²) in [6.07, 6.45) is 1.58. The fourth-order valence-corrected chi connectivity index (χ4v) is 5.36. The first-order valence-electron chi connectivity index (χ1n) is 9.38. The minimum absolute atomic E-state index is 0.218. The number of alkyl halides is 3. The van der Waals surface area contributed by atoms with Crippen molar-refractivity contribution in [2.45, 2.75) is 64.1 Å². The van der Waals surface area contributed by atoms with E-state index in [2.05, 4.69) is 16.5 Å². The van der Waals surface area contributed by atoms with E-state index in [1.807, 2.05) is 0 Å². The molecule has 0 fully saturated rings. The molecule has 2 heterocycles. The highest BCUT2D eigenvalue weighted by atomic mass is 32.1. The molecule has 148 valence electrons. The van der Waals surface area contributed by atoms with Gasteiger partial charge in [0.2, 0.25) is 5.91 Å². The second-order valence-corrected chi connectivity index (χ2v) is 8.32. The summed E-state index contributed by atoms with van der Waals surface area (Å²) in [6.45, 7) is -0.286. The third-order valence-corrected chi connectivity index (χ3v) is 6.56. The van der Waals surface area contributed by atoms with E-state index in [4.69, 9.17) is 0 Å². The lowest BCUT2D eigenvalue weighted by atomic mass is 9.95. The van der Waals surface area contributed by atoms with Crippen LogP contribution >= 0.6 is 11.3 Å². The molecule has 0 aliphatic heterocycles. The largest absolute Gasteiger partial charge is 0.435 e. The first-order chi connectivity index (χ1) is 13.4. The third-order valence-electron chi connectivity index (χ3n) is 5.35. The zero-order chi connectivity index (χ0) is 19.9. The maximum atomic E-state index is 13.3. The van der Waals surface area contributed by atoms with Gasteiger partial charge in [0.05, 0.1) is 5.56 Å². The highest BCUT2D eigenvalue weighted by molar-refractivity contribution is 7.16. The van der Waals surface area contributed by atoms with Crippen molar-refractivity contribution in [1.29, 1.82) is 5.26 Å². The second kappa shape index (κ2) is 7.24. The lowest BCUT2D eigenvalue weighted by Crippen LogP contribution is -2.21. The Morgan fingerprint density at radius 3 is 2.54 bits per heavy atom. The van der Waals surface area contributed by atoms with E-state index in [0.717, 1.165) is 42.5 Å². The van der Waals surface area contributed by atoms with Crippen molar-refractivity contribution in [2.24, 2.45) is 0 Å². The number of hydrogen-bond acceptors (Lipinski definition) is 4. The van der Waals surface area contributed by atoms with E-state index in [-0.39, 0.29) is 12.1 Å². The maximum Gasteiger partial charge on any atom is 0.435 e. The standard InChI is InChI=1S/C19H19F3N4OS/c20-19(21,22)17-12-6-1-3-7-14(12)26(25-17)10-16(27)24-18-13(9-23)11-5-2-4-8-15(11)28-18/h1-8,10H2,(H,24,27). The molecule has 0 unspecified atom stereocenters. The van der Waals surface area contributed by atoms with Crippen LogP contribution in [0.3, 0.4) is 0 Å². The molecule has 1 amide bonds. The zero-order valence-electron chi connectivity index (χ0n) is 15.2. The Labute approximate surface area is 164 Å². The molecule has 0 saturated heterocycles. The molecule has 0 radical (unpaired) electrons. The number of fused-ring (bicyclic) bond motifs is 2. The van der Waals surface area contributed by atoms with E-state index in [1.165, 1.54) is 16.0 Å². The number of hydrogen-bond donors (Lipinski definition) is 1. The Hall–Kier alpha value is -2.34. The Balaban J connectivity index is 1.58. The molecule has 4 rings (SSSR count). The molecular weight excluding hydrogens is 389 g/mol. The van der Waals surface area contributed by atoms with Gasteiger partial charge >= 0.3 is 6.18 Å². The lowest BCUT2D eigenvalue weighted by molar-refractivity contribution is -0.142. The van der Waals surface area contributed by atoms with Gasteiger partial charge in [-0.2, -0.15) is 23.5 Å². The molecule has 0 atom stereocenters. The number of thiophene rings is 1. The monoisotopic (exact) mass is 408 g/mol. The Morgan fingerprint density at radius 1 is 1.14 bits per heavy atom. The van der Waals surface area contributed by atoms with Crippen LogP contribution < -0.4 is 5.32 Å². The van der Waals surface area contributed by atoms with Crippen LogP contribution in [0.1, 0.15) is 58.6 Å². The van der Waals surface area contributed by atoms with Crippen LogP contribution in [0, 0.1) is 11.3 Å². The van der Waals surface area contributed by atoms with Crippen LogP contribution in [0.25, 0.3) is 0 Å². The van der Waals surface area contributed by atoms with Gasteiger partial charge in [-0.1, -0.05) is 0 Å². The predicted octanol–water partition coefficient (Wildman–Crippen LogP) is 4.23. The quantitative estimate of drug-likeness (QED) is 0.826. The SMILES string of the molecule is N#Cc1c(NC(=O)Cn2nc(C(F)(F)F)c3c2CCCC3)sc2c1CCCC2. The van der Waals surface area contributed by atoms with Crippen LogP contribution in [-0.2, 0) is 43.2 Å². The predicted molar refractivity (Wildman–Crippen MR) is 98.2 cm³/mol. The molecule has 2 aromatic heterocycles. The molecule has 2 aliphatic carbocycles. The summed E-state index contributed by atoms with van der Waals surface area (Å²) < 4.78 is 41.1. The summed E-state index contributed by atoms with van der Waals surface area (Å²) in [7, 11) is 0. The molecule has 0 spiro atoms. The number of aryl methyl sites for hydroxylation is 1. The Morgan fingerprint density at radius 2 is 1.82 bits per heavy atom. The number of rotatable bonds is 3. The van der Waals surface area contributed by atoms with E-state index >= 15 is 0 Å². The second-order valence-electron chi connectivity index (χ2n) is 7.21. The van der Waals surface area contributed by atoms with Crippen molar-refractivity contribution >= 4 is 22.2 Å². The minimum atomic E-state index is -4.52. The van der Waals surface area contributed by atoms with Crippen molar-refractivity contribution in [3.8, 4) is 6.07 Å². The van der Waals surface area contributed by atoms with Crippen molar-refractivity contribution < 1.29 is 18.0 Å². The van der Waals surface area contributed by atoms with E-state index in [1.54, 1.807) is 0 Å². The summed E-state index contributed by atoms with van der Waals surface area (Å²) in [5.74, 6) is -0.459. The molecule has 5 nitrogen and oxygen atoms in total. The van der Waals surface area contributed by atoms with Gasteiger partial charge in [-0.3, -0.25) is 9.48 Å². The van der Waals surface area contributed by atoms with Crippen LogP contribution in [0.2, 0.25) is 0 Å². The average molecular weight is 408 g/mol. The summed E-state index contributed by atoms with van der Waals surface area (Å²) in [4.78, 5) is 13.7. The van der Waals surface area contributed by atoms with Crippen LogP contribution in [0.15, 0.2) is 0 Å². The summed E-state index contributed by atoms with van der Waals surface area (Å²) in [6, 6.07) is 2.17. The molecule has 28 heavy (non-hydrogen) atoms. The average Bonchev–Trinajstić information content (AvgIpc) is 3.19. The number of carbonyl (C=O) groups excluding carboxylic acids is 1. The number of nitriles is 1. The Bertz CT molecular complexity index is 967. The number of amides is 1. The molecular formula is C19H19F3N4OS. The van der Waals surface area contributed by atoms with Crippen LogP contribution in [0.4, 0.5) is 18.2 Å². The van der Waals surface area contributed by atoms with Crippen molar-refractivity contribution in [1.82, 2.24) is 9.78 Å². The van der Waals surface area contributed by atoms with Crippen molar-refractivity contribution in [2.75, 3.05) is 5.32 Å². The van der Waals surface area contributed by atoms with Crippen molar-refractivity contribution in [3.05, 3.63) is 33.0 Å². The fraction of sp³-hybridized carbons (Fsp3) is 0.526. The highest BCUT2D eigenvalue weighted by Gasteiger charge is 2.39. The van der Waals surface area contributed by atoms with Gasteiger partial charge in [0.1, 0.15) is 17.6 Å². The van der Waals surface area contributed by atoms with Crippen LogP contribution in [0.5, 0.6) is 0 Å². The van der Waals surface area contributed by atoms with Gasteiger partial charge in [0.25, 0.3) is 0 Å². The molecule has 0 bridgehead atoms. The fourth-order valence-electron chi connectivity index (χ4n) is 4.10. The number of nitrogens with zero attached hydrogens (tertiary/aromatic N) is 3. The van der Waals surface area contributed by atoms with Gasteiger partial charge in [0.15, 0.2) is 5.69 Å². The number of anilines is 1. The maximum absolute atomic E-state index is 13.3. The highest BCUT2D eigenvalue weighted by Crippen LogP contribution is 2.38. The smallest absolute Gasteiger partial charge is 0.315 e. The van der Waals surface area contributed by atoms with Crippen molar-refractivity contribution in [3.63, 3.8) is 0 Å². The number of halogens is 3. The van der Waals surface area contributed by atoms with E-state index in [9.17, 15) is 23.2 Å². The normalized spacial score (nSPS) is 16.2. The molecule has 0 aromatic carbocycles. The first kappa shape index (κ1) is 19.0. The summed E-state index contributed by atoms with van der Waals surface area (Å²) >= 11 is 1.40. The number of aromatic nitrogens is 2.